The summed E-state index contributed by atoms with van der Waals surface area (Å²) in [5, 5.41) is 9.22. The maximum absolute atomic E-state index is 13.8. The van der Waals surface area contributed by atoms with Crippen LogP contribution in [-0.4, -0.2) is 16.7 Å². The van der Waals surface area contributed by atoms with E-state index in [0.717, 1.165) is 23.8 Å². The van der Waals surface area contributed by atoms with E-state index in [1.807, 2.05) is 26.0 Å². The third kappa shape index (κ3) is 2.37. The summed E-state index contributed by atoms with van der Waals surface area (Å²) in [6.07, 6.45) is 0.744. The van der Waals surface area contributed by atoms with E-state index in [9.17, 15) is 14.3 Å². The first-order valence-electron chi connectivity index (χ1n) is 6.71. The Morgan fingerprint density at radius 3 is 2.76 bits per heavy atom. The minimum atomic E-state index is -1.26. The molecule has 1 aliphatic rings. The molecule has 0 fully saturated rings. The molecule has 3 rings (SSSR count). The second-order valence-corrected chi connectivity index (χ2v) is 5.83. The number of carboxylic acid groups (broad SMARTS) is 1. The van der Waals surface area contributed by atoms with Gasteiger partial charge in [0, 0.05) is 6.42 Å². The maximum Gasteiger partial charge on any atom is 0.339 e. The first-order chi connectivity index (χ1) is 9.87. The topological polar surface area (TPSA) is 46.5 Å². The summed E-state index contributed by atoms with van der Waals surface area (Å²) in [7, 11) is 0. The third-order valence-corrected chi connectivity index (χ3v) is 3.60. The van der Waals surface area contributed by atoms with Crippen LogP contribution < -0.4 is 4.74 Å². The van der Waals surface area contributed by atoms with E-state index in [4.69, 9.17) is 4.74 Å². The van der Waals surface area contributed by atoms with Gasteiger partial charge in [0.25, 0.3) is 0 Å². The van der Waals surface area contributed by atoms with Gasteiger partial charge in [-0.2, -0.15) is 0 Å². The molecule has 0 atom stereocenters. The molecule has 4 heteroatoms. The van der Waals surface area contributed by atoms with Crippen molar-refractivity contribution in [1.82, 2.24) is 0 Å². The van der Waals surface area contributed by atoms with E-state index in [-0.39, 0.29) is 11.2 Å². The molecule has 0 amide bonds. The lowest BCUT2D eigenvalue weighted by atomic mass is 9.95. The molecule has 0 unspecified atom stereocenters. The van der Waals surface area contributed by atoms with Crippen molar-refractivity contribution in [2.45, 2.75) is 25.9 Å². The van der Waals surface area contributed by atoms with E-state index in [2.05, 4.69) is 0 Å². The molecular weight excluding hydrogens is 271 g/mol. The second-order valence-electron chi connectivity index (χ2n) is 5.83. The van der Waals surface area contributed by atoms with E-state index in [1.54, 1.807) is 12.1 Å². The fourth-order valence-electron chi connectivity index (χ4n) is 2.76. The van der Waals surface area contributed by atoms with Crippen molar-refractivity contribution in [1.29, 1.82) is 0 Å². The zero-order chi connectivity index (χ0) is 15.2. The lowest BCUT2D eigenvalue weighted by Gasteiger charge is -2.16. The number of hydrogen-bond acceptors (Lipinski definition) is 2. The van der Waals surface area contributed by atoms with Crippen molar-refractivity contribution >= 4 is 5.97 Å². The van der Waals surface area contributed by atoms with Crippen LogP contribution in [-0.2, 0) is 6.42 Å². The van der Waals surface area contributed by atoms with Crippen LogP contribution in [0.4, 0.5) is 4.39 Å². The first-order valence-corrected chi connectivity index (χ1v) is 6.71. The van der Waals surface area contributed by atoms with Crippen molar-refractivity contribution in [2.75, 3.05) is 0 Å². The Morgan fingerprint density at radius 1 is 1.29 bits per heavy atom. The van der Waals surface area contributed by atoms with E-state index in [1.165, 1.54) is 6.07 Å². The molecule has 1 N–H and O–H groups in total. The average Bonchev–Trinajstić information content (AvgIpc) is 2.70. The predicted octanol–water partition coefficient (Wildman–Crippen LogP) is 3.90. The number of aromatic carboxylic acids is 1. The molecule has 0 saturated heterocycles. The molecule has 1 heterocycles. The van der Waals surface area contributed by atoms with Gasteiger partial charge in [0.1, 0.15) is 22.7 Å². The highest BCUT2D eigenvalue weighted by Crippen LogP contribution is 2.38. The van der Waals surface area contributed by atoms with Crippen molar-refractivity contribution in [3.63, 3.8) is 0 Å². The van der Waals surface area contributed by atoms with Crippen LogP contribution in [0.1, 0.15) is 29.8 Å². The minimum absolute atomic E-state index is 0.265. The number of carbonyl (C=O) groups is 1. The summed E-state index contributed by atoms with van der Waals surface area (Å²) in [6, 6.07) is 9.76. The smallest absolute Gasteiger partial charge is 0.339 e. The van der Waals surface area contributed by atoms with Gasteiger partial charge >= 0.3 is 5.97 Å². The molecule has 21 heavy (non-hydrogen) atoms. The number of benzene rings is 2. The highest BCUT2D eigenvalue weighted by molar-refractivity contribution is 5.96. The van der Waals surface area contributed by atoms with Gasteiger partial charge in [-0.25, -0.2) is 9.18 Å². The van der Waals surface area contributed by atoms with Gasteiger partial charge in [0.05, 0.1) is 0 Å². The Labute approximate surface area is 122 Å². The van der Waals surface area contributed by atoms with Gasteiger partial charge < -0.3 is 9.84 Å². The molecule has 0 saturated carbocycles. The van der Waals surface area contributed by atoms with Crippen LogP contribution >= 0.6 is 0 Å². The number of rotatable bonds is 2. The van der Waals surface area contributed by atoms with E-state index >= 15 is 0 Å². The first kappa shape index (κ1) is 13.6. The van der Waals surface area contributed by atoms with Crippen LogP contribution in [0.5, 0.6) is 5.75 Å². The van der Waals surface area contributed by atoms with Crippen LogP contribution in [0.25, 0.3) is 11.1 Å². The number of halogens is 1. The fraction of sp³-hybridized carbons (Fsp3) is 0.235. The SMILES string of the molecule is CC1(C)Cc2cc(-c3cccc(F)c3C(=O)O)ccc2O1. The molecule has 1 aliphatic heterocycles. The van der Waals surface area contributed by atoms with Gasteiger partial charge in [0.15, 0.2) is 0 Å². The zero-order valence-electron chi connectivity index (χ0n) is 11.8. The molecular formula is C17H15FO3. The molecule has 0 aliphatic carbocycles. The second kappa shape index (κ2) is 4.58. The van der Waals surface area contributed by atoms with Crippen molar-refractivity contribution in [3.8, 4) is 16.9 Å². The van der Waals surface area contributed by atoms with E-state index in [0.29, 0.717) is 11.1 Å². The Bertz CT molecular complexity index is 735. The minimum Gasteiger partial charge on any atom is -0.487 e. The Morgan fingerprint density at radius 2 is 2.05 bits per heavy atom. The molecule has 0 aromatic heterocycles. The lowest BCUT2D eigenvalue weighted by Crippen LogP contribution is -2.24. The Kier molecular flexibility index (Phi) is 2.97. The Balaban J connectivity index is 2.12. The van der Waals surface area contributed by atoms with Gasteiger partial charge in [-0.05, 0) is 48.7 Å². The summed E-state index contributed by atoms with van der Waals surface area (Å²) >= 11 is 0. The van der Waals surface area contributed by atoms with Crippen molar-refractivity contribution < 1.29 is 19.0 Å². The van der Waals surface area contributed by atoms with Gasteiger partial charge in [-0.15, -0.1) is 0 Å². The largest absolute Gasteiger partial charge is 0.487 e. The summed E-state index contributed by atoms with van der Waals surface area (Å²) in [6.45, 7) is 4.00. The van der Waals surface area contributed by atoms with Gasteiger partial charge in [0.2, 0.25) is 0 Å². The molecule has 0 spiro atoms. The van der Waals surface area contributed by atoms with Crippen LogP contribution in [0.2, 0.25) is 0 Å². The molecule has 3 nitrogen and oxygen atoms in total. The van der Waals surface area contributed by atoms with E-state index < -0.39 is 11.8 Å². The molecule has 0 radical (unpaired) electrons. The van der Waals surface area contributed by atoms with Crippen molar-refractivity contribution in [3.05, 3.63) is 53.3 Å². The highest BCUT2D eigenvalue weighted by Gasteiger charge is 2.30. The van der Waals surface area contributed by atoms with Gasteiger partial charge in [-0.3, -0.25) is 0 Å². The summed E-state index contributed by atoms with van der Waals surface area (Å²) in [5.41, 5.74) is 1.52. The zero-order valence-corrected chi connectivity index (χ0v) is 11.8. The third-order valence-electron chi connectivity index (χ3n) is 3.60. The average molecular weight is 286 g/mol. The van der Waals surface area contributed by atoms with Crippen LogP contribution in [0.3, 0.4) is 0 Å². The predicted molar refractivity (Wildman–Crippen MR) is 77.2 cm³/mol. The number of fused-ring (bicyclic) bond motifs is 1. The molecule has 2 aromatic rings. The monoisotopic (exact) mass is 286 g/mol. The molecule has 2 aromatic carbocycles. The van der Waals surface area contributed by atoms with Crippen LogP contribution in [0, 0.1) is 5.82 Å². The number of ether oxygens (including phenoxy) is 1. The summed E-state index contributed by atoms with van der Waals surface area (Å²) < 4.78 is 19.6. The molecule has 108 valence electrons. The Hall–Kier alpha value is -2.36. The summed E-state index contributed by atoms with van der Waals surface area (Å²) in [5.74, 6) is -1.19. The fourth-order valence-corrected chi connectivity index (χ4v) is 2.76. The van der Waals surface area contributed by atoms with Crippen molar-refractivity contribution in [2.24, 2.45) is 0 Å². The van der Waals surface area contributed by atoms with Crippen LogP contribution in [0.15, 0.2) is 36.4 Å². The number of hydrogen-bond donors (Lipinski definition) is 1. The quantitative estimate of drug-likeness (QED) is 0.910. The standard InChI is InChI=1S/C17H15FO3/c1-17(2)9-11-8-10(6-7-14(11)21-17)12-4-3-5-13(18)15(12)16(19)20/h3-8H,9H2,1-2H3,(H,19,20). The highest BCUT2D eigenvalue weighted by atomic mass is 19.1. The lowest BCUT2D eigenvalue weighted by molar-refractivity contribution is 0.0692. The van der Waals surface area contributed by atoms with Gasteiger partial charge in [-0.1, -0.05) is 18.2 Å². The maximum atomic E-state index is 13.8. The summed E-state index contributed by atoms with van der Waals surface area (Å²) in [4.78, 5) is 11.3. The molecule has 0 bridgehead atoms. The number of carboxylic acids is 1. The normalized spacial score (nSPS) is 15.4.